The van der Waals surface area contributed by atoms with E-state index >= 15 is 0 Å². The summed E-state index contributed by atoms with van der Waals surface area (Å²) in [5.74, 6) is 0.113. The van der Waals surface area contributed by atoms with E-state index in [1.54, 1.807) is 0 Å². The highest BCUT2D eigenvalue weighted by Crippen LogP contribution is 2.21. The van der Waals surface area contributed by atoms with Crippen molar-refractivity contribution in [1.82, 2.24) is 5.32 Å². The Morgan fingerprint density at radius 2 is 2.13 bits per heavy atom. The van der Waals surface area contributed by atoms with Crippen LogP contribution in [0.3, 0.4) is 0 Å². The van der Waals surface area contributed by atoms with Crippen molar-refractivity contribution in [3.05, 3.63) is 29.3 Å². The number of hydrogen-bond acceptors (Lipinski definition) is 2. The van der Waals surface area contributed by atoms with E-state index in [0.717, 1.165) is 13.1 Å². The zero-order chi connectivity index (χ0) is 10.8. The van der Waals surface area contributed by atoms with Gasteiger partial charge in [-0.15, -0.1) is 0 Å². The molecule has 1 N–H and O–H groups in total. The number of aryl methyl sites for hydroxylation is 2. The molecule has 0 unspecified atom stereocenters. The Labute approximate surface area is 90.1 Å². The average Bonchev–Trinajstić information content (AvgIpc) is 2.22. The first kappa shape index (κ1) is 10.0. The Balaban J connectivity index is 2.27. The van der Waals surface area contributed by atoms with E-state index in [2.05, 4.69) is 42.3 Å². The van der Waals surface area contributed by atoms with Crippen LogP contribution in [-0.4, -0.2) is 25.5 Å². The number of carbonyl (C=O) groups excluding carboxylic acids is 1. The van der Waals surface area contributed by atoms with E-state index in [0.29, 0.717) is 6.54 Å². The molecule has 1 amide bonds. The predicted molar refractivity (Wildman–Crippen MR) is 61.1 cm³/mol. The minimum Gasteiger partial charge on any atom is -0.360 e. The van der Waals surface area contributed by atoms with Gasteiger partial charge in [0.25, 0.3) is 0 Å². The van der Waals surface area contributed by atoms with E-state index in [9.17, 15) is 4.79 Å². The fraction of sp³-hybridized carbons (Fsp3) is 0.417. The molecule has 0 aromatic heterocycles. The number of carbonyl (C=O) groups is 1. The molecule has 15 heavy (non-hydrogen) atoms. The summed E-state index contributed by atoms with van der Waals surface area (Å²) in [5, 5.41) is 2.84. The van der Waals surface area contributed by atoms with E-state index in [-0.39, 0.29) is 5.91 Å². The van der Waals surface area contributed by atoms with Gasteiger partial charge in [-0.2, -0.15) is 0 Å². The zero-order valence-electron chi connectivity index (χ0n) is 9.21. The molecule has 1 aliphatic heterocycles. The number of benzene rings is 1. The number of amides is 1. The molecular formula is C12H16N2O. The van der Waals surface area contributed by atoms with E-state index in [1.807, 2.05) is 0 Å². The third kappa shape index (κ3) is 2.12. The summed E-state index contributed by atoms with van der Waals surface area (Å²) in [6, 6.07) is 6.36. The van der Waals surface area contributed by atoms with Gasteiger partial charge in [-0.3, -0.25) is 4.79 Å². The third-order valence-electron chi connectivity index (χ3n) is 2.74. The second kappa shape index (κ2) is 3.93. The predicted octanol–water partition coefficient (Wildman–Crippen LogP) is 1.24. The fourth-order valence-corrected chi connectivity index (χ4v) is 1.90. The van der Waals surface area contributed by atoms with Gasteiger partial charge in [0, 0.05) is 18.8 Å². The summed E-state index contributed by atoms with van der Waals surface area (Å²) in [6.45, 7) is 6.28. The number of hydrogen-bond donors (Lipinski definition) is 1. The monoisotopic (exact) mass is 204 g/mol. The van der Waals surface area contributed by atoms with Gasteiger partial charge < -0.3 is 10.2 Å². The Morgan fingerprint density at radius 3 is 2.87 bits per heavy atom. The van der Waals surface area contributed by atoms with Crippen LogP contribution in [0.15, 0.2) is 18.2 Å². The Kier molecular flexibility index (Phi) is 2.62. The molecular weight excluding hydrogens is 188 g/mol. The molecule has 3 nitrogen and oxygen atoms in total. The minimum atomic E-state index is 0.113. The molecule has 0 radical (unpaired) electrons. The lowest BCUT2D eigenvalue weighted by Gasteiger charge is -2.30. The molecule has 1 aromatic carbocycles. The van der Waals surface area contributed by atoms with Crippen molar-refractivity contribution in [2.45, 2.75) is 13.8 Å². The molecule has 0 saturated carbocycles. The maximum Gasteiger partial charge on any atom is 0.239 e. The highest BCUT2D eigenvalue weighted by atomic mass is 16.2. The molecule has 1 heterocycles. The topological polar surface area (TPSA) is 32.3 Å². The fourth-order valence-electron chi connectivity index (χ4n) is 1.90. The molecule has 0 atom stereocenters. The number of nitrogens with one attached hydrogen (secondary N) is 1. The number of nitrogens with zero attached hydrogens (tertiary/aromatic N) is 1. The average molecular weight is 204 g/mol. The van der Waals surface area contributed by atoms with Crippen molar-refractivity contribution in [1.29, 1.82) is 0 Å². The summed E-state index contributed by atoms with van der Waals surface area (Å²) < 4.78 is 0. The third-order valence-corrected chi connectivity index (χ3v) is 2.74. The molecule has 2 rings (SSSR count). The quantitative estimate of drug-likeness (QED) is 0.746. The summed E-state index contributed by atoms with van der Waals surface area (Å²) in [4.78, 5) is 13.4. The minimum absolute atomic E-state index is 0.113. The normalized spacial score (nSPS) is 16.4. The number of anilines is 1. The second-order valence-electron chi connectivity index (χ2n) is 4.06. The van der Waals surface area contributed by atoms with E-state index in [1.165, 1.54) is 16.8 Å². The van der Waals surface area contributed by atoms with Crippen molar-refractivity contribution < 1.29 is 4.79 Å². The lowest BCUT2D eigenvalue weighted by atomic mass is 10.1. The SMILES string of the molecule is Cc1ccc(C)c(N2CCNC(=O)C2)c1. The first-order valence-electron chi connectivity index (χ1n) is 5.26. The van der Waals surface area contributed by atoms with Gasteiger partial charge in [-0.1, -0.05) is 12.1 Å². The Hall–Kier alpha value is -1.51. The molecule has 3 heteroatoms. The van der Waals surface area contributed by atoms with Crippen LogP contribution in [0.4, 0.5) is 5.69 Å². The van der Waals surface area contributed by atoms with Crippen molar-refractivity contribution in [2.75, 3.05) is 24.5 Å². The summed E-state index contributed by atoms with van der Waals surface area (Å²) in [5.41, 5.74) is 3.65. The van der Waals surface area contributed by atoms with E-state index < -0.39 is 0 Å². The molecule has 1 fully saturated rings. The van der Waals surface area contributed by atoms with Gasteiger partial charge >= 0.3 is 0 Å². The van der Waals surface area contributed by atoms with Crippen LogP contribution in [-0.2, 0) is 4.79 Å². The molecule has 0 aliphatic carbocycles. The van der Waals surface area contributed by atoms with Crippen molar-refractivity contribution in [3.8, 4) is 0 Å². The van der Waals surface area contributed by atoms with Gasteiger partial charge in [-0.05, 0) is 31.0 Å². The highest BCUT2D eigenvalue weighted by Gasteiger charge is 2.17. The molecule has 80 valence electrons. The standard InChI is InChI=1S/C12H16N2O/c1-9-3-4-10(2)11(7-9)14-6-5-13-12(15)8-14/h3-4,7H,5-6,8H2,1-2H3,(H,13,15). The maximum atomic E-state index is 11.3. The second-order valence-corrected chi connectivity index (χ2v) is 4.06. The van der Waals surface area contributed by atoms with Crippen LogP contribution < -0.4 is 10.2 Å². The zero-order valence-corrected chi connectivity index (χ0v) is 9.21. The van der Waals surface area contributed by atoms with Gasteiger partial charge in [0.2, 0.25) is 5.91 Å². The smallest absolute Gasteiger partial charge is 0.239 e. The lowest BCUT2D eigenvalue weighted by molar-refractivity contribution is -0.120. The Morgan fingerprint density at radius 1 is 1.33 bits per heavy atom. The summed E-state index contributed by atoms with van der Waals surface area (Å²) in [7, 11) is 0. The highest BCUT2D eigenvalue weighted by molar-refractivity contribution is 5.83. The van der Waals surface area contributed by atoms with Gasteiger partial charge in [0.1, 0.15) is 0 Å². The Bertz CT molecular complexity index is 387. The first-order valence-corrected chi connectivity index (χ1v) is 5.26. The van der Waals surface area contributed by atoms with Gasteiger partial charge in [-0.25, -0.2) is 0 Å². The molecule has 1 saturated heterocycles. The van der Waals surface area contributed by atoms with E-state index in [4.69, 9.17) is 0 Å². The molecule has 1 aliphatic rings. The van der Waals surface area contributed by atoms with Crippen LogP contribution in [0.25, 0.3) is 0 Å². The van der Waals surface area contributed by atoms with Crippen LogP contribution in [0.2, 0.25) is 0 Å². The lowest BCUT2D eigenvalue weighted by Crippen LogP contribution is -2.47. The van der Waals surface area contributed by atoms with Crippen LogP contribution in [0, 0.1) is 13.8 Å². The van der Waals surface area contributed by atoms with Crippen LogP contribution in [0.1, 0.15) is 11.1 Å². The van der Waals surface area contributed by atoms with Gasteiger partial charge in [0.15, 0.2) is 0 Å². The first-order chi connectivity index (χ1) is 7.16. The molecule has 0 bridgehead atoms. The van der Waals surface area contributed by atoms with Crippen molar-refractivity contribution in [3.63, 3.8) is 0 Å². The van der Waals surface area contributed by atoms with Gasteiger partial charge in [0.05, 0.1) is 6.54 Å². The van der Waals surface area contributed by atoms with Crippen molar-refractivity contribution in [2.24, 2.45) is 0 Å². The number of piperazine rings is 1. The molecule has 0 spiro atoms. The number of rotatable bonds is 1. The molecule has 1 aromatic rings. The van der Waals surface area contributed by atoms with Crippen molar-refractivity contribution >= 4 is 11.6 Å². The van der Waals surface area contributed by atoms with Crippen LogP contribution in [0.5, 0.6) is 0 Å². The maximum absolute atomic E-state index is 11.3. The van der Waals surface area contributed by atoms with Crippen LogP contribution >= 0.6 is 0 Å². The summed E-state index contributed by atoms with van der Waals surface area (Å²) >= 11 is 0. The summed E-state index contributed by atoms with van der Waals surface area (Å²) in [6.07, 6.45) is 0. The largest absolute Gasteiger partial charge is 0.360 e.